The van der Waals surface area contributed by atoms with Crippen molar-refractivity contribution in [3.8, 4) is 0 Å². The van der Waals surface area contributed by atoms with Gasteiger partial charge in [-0.15, -0.1) is 0 Å². The van der Waals surface area contributed by atoms with E-state index in [1.165, 1.54) is 0 Å². The standard InChI is InChI=1S/C11H17F6O5P/c1-2-3-4-22-8(18)5-9(23(19,20)21,6-10(12,13)14)7-11(15,16)17/h2-7H2,1H3,(H2,19,20,21). The fraction of sp³-hybridized carbons (Fsp3) is 0.909. The molecule has 0 aliphatic rings. The first kappa shape index (κ1) is 22.2. The fourth-order valence-corrected chi connectivity index (χ4v) is 3.00. The molecule has 138 valence electrons. The minimum atomic E-state index is -5.93. The molecular formula is C11H17F6O5P. The second kappa shape index (κ2) is 7.85. The van der Waals surface area contributed by atoms with Gasteiger partial charge in [0.25, 0.3) is 0 Å². The van der Waals surface area contributed by atoms with Crippen molar-refractivity contribution in [2.75, 3.05) is 6.61 Å². The van der Waals surface area contributed by atoms with E-state index < -0.39 is 50.3 Å². The normalized spacial score (nSPS) is 14.0. The first-order valence-corrected chi connectivity index (χ1v) is 8.08. The van der Waals surface area contributed by atoms with Crippen LogP contribution >= 0.6 is 7.60 Å². The highest BCUT2D eigenvalue weighted by atomic mass is 31.2. The van der Waals surface area contributed by atoms with Gasteiger partial charge in [0.2, 0.25) is 0 Å². The van der Waals surface area contributed by atoms with Gasteiger partial charge in [-0.2, -0.15) is 26.3 Å². The zero-order valence-electron chi connectivity index (χ0n) is 12.1. The van der Waals surface area contributed by atoms with E-state index in [1.54, 1.807) is 6.92 Å². The molecule has 0 spiro atoms. The molecule has 0 aliphatic carbocycles. The Labute approximate surface area is 128 Å². The van der Waals surface area contributed by atoms with Gasteiger partial charge in [0.1, 0.15) is 0 Å². The average Bonchev–Trinajstić information content (AvgIpc) is 2.22. The van der Waals surface area contributed by atoms with Crippen LogP contribution in [0.4, 0.5) is 26.3 Å². The molecule has 0 aromatic rings. The van der Waals surface area contributed by atoms with E-state index >= 15 is 0 Å². The van der Waals surface area contributed by atoms with E-state index in [0.717, 1.165) is 0 Å². The summed E-state index contributed by atoms with van der Waals surface area (Å²) in [5, 5.41) is -3.63. The summed E-state index contributed by atoms with van der Waals surface area (Å²) in [6.07, 6.45) is -16.3. The number of unbranched alkanes of at least 4 members (excludes halogenated alkanes) is 1. The minimum absolute atomic E-state index is 0.259. The molecule has 0 amide bonds. The molecule has 0 aliphatic heterocycles. The number of halogens is 6. The smallest absolute Gasteiger partial charge is 0.390 e. The van der Waals surface area contributed by atoms with E-state index in [4.69, 9.17) is 9.79 Å². The number of hydrogen-bond acceptors (Lipinski definition) is 3. The predicted octanol–water partition coefficient (Wildman–Crippen LogP) is 3.54. The summed E-state index contributed by atoms with van der Waals surface area (Å²) in [5.41, 5.74) is 0. The summed E-state index contributed by atoms with van der Waals surface area (Å²) in [6, 6.07) is 0. The molecule has 5 nitrogen and oxygen atoms in total. The van der Waals surface area contributed by atoms with Gasteiger partial charge >= 0.3 is 25.9 Å². The summed E-state index contributed by atoms with van der Waals surface area (Å²) in [6.45, 7) is 1.44. The van der Waals surface area contributed by atoms with Crippen LogP contribution in [0.5, 0.6) is 0 Å². The van der Waals surface area contributed by atoms with Crippen LogP contribution < -0.4 is 0 Å². The predicted molar refractivity (Wildman–Crippen MR) is 66.6 cm³/mol. The summed E-state index contributed by atoms with van der Waals surface area (Å²) >= 11 is 0. The van der Waals surface area contributed by atoms with E-state index in [1.807, 2.05) is 0 Å². The van der Waals surface area contributed by atoms with Crippen LogP contribution in [-0.2, 0) is 14.1 Å². The van der Waals surface area contributed by atoms with Gasteiger partial charge in [-0.1, -0.05) is 13.3 Å². The van der Waals surface area contributed by atoms with Gasteiger partial charge in [-0.3, -0.25) is 9.36 Å². The Hall–Kier alpha value is -0.800. The number of esters is 1. The Morgan fingerprint density at radius 2 is 1.48 bits per heavy atom. The molecule has 0 rings (SSSR count). The largest absolute Gasteiger partial charge is 0.466 e. The second-order valence-electron chi connectivity index (χ2n) is 5.10. The number of carbonyl (C=O) groups excluding carboxylic acids is 1. The maximum absolute atomic E-state index is 12.6. The van der Waals surface area contributed by atoms with Crippen LogP contribution in [0.25, 0.3) is 0 Å². The molecule has 0 heterocycles. The monoisotopic (exact) mass is 374 g/mol. The number of alkyl halides is 6. The highest BCUT2D eigenvalue weighted by molar-refractivity contribution is 7.53. The van der Waals surface area contributed by atoms with Gasteiger partial charge in [0.15, 0.2) is 0 Å². The van der Waals surface area contributed by atoms with Gasteiger partial charge < -0.3 is 14.5 Å². The van der Waals surface area contributed by atoms with Crippen LogP contribution in [0, 0.1) is 0 Å². The molecule has 0 unspecified atom stereocenters. The fourth-order valence-electron chi connectivity index (χ4n) is 1.89. The molecule has 0 aromatic heterocycles. The summed E-state index contributed by atoms with van der Waals surface area (Å²) in [7, 11) is -5.93. The third-order valence-corrected chi connectivity index (χ3v) is 4.62. The summed E-state index contributed by atoms with van der Waals surface area (Å²) in [4.78, 5) is 29.6. The lowest BCUT2D eigenvalue weighted by Crippen LogP contribution is -2.41. The zero-order valence-corrected chi connectivity index (χ0v) is 13.0. The number of carbonyl (C=O) groups is 1. The zero-order chi connectivity index (χ0) is 18.5. The van der Waals surface area contributed by atoms with E-state index in [2.05, 4.69) is 4.74 Å². The molecule has 12 heteroatoms. The van der Waals surface area contributed by atoms with Gasteiger partial charge in [-0.05, 0) is 6.42 Å². The average molecular weight is 374 g/mol. The molecule has 0 saturated heterocycles. The Bertz CT molecular complexity index is 425. The molecule has 0 bridgehead atoms. The lowest BCUT2D eigenvalue weighted by molar-refractivity contribution is -0.174. The van der Waals surface area contributed by atoms with Crippen molar-refractivity contribution in [1.29, 1.82) is 0 Å². The summed E-state index contributed by atoms with van der Waals surface area (Å²) < 4.78 is 91.1. The molecule has 0 fully saturated rings. The molecule has 2 N–H and O–H groups in total. The Kier molecular flexibility index (Phi) is 7.58. The highest BCUT2D eigenvalue weighted by Gasteiger charge is 2.59. The molecule has 0 radical (unpaired) electrons. The van der Waals surface area contributed by atoms with Crippen molar-refractivity contribution in [2.24, 2.45) is 0 Å². The lowest BCUT2D eigenvalue weighted by atomic mass is 9.95. The lowest BCUT2D eigenvalue weighted by Gasteiger charge is -2.34. The van der Waals surface area contributed by atoms with Gasteiger partial charge in [0.05, 0.1) is 31.0 Å². The number of rotatable bonds is 8. The van der Waals surface area contributed by atoms with Gasteiger partial charge in [0, 0.05) is 0 Å². The van der Waals surface area contributed by atoms with Gasteiger partial charge in [-0.25, -0.2) is 0 Å². The van der Waals surface area contributed by atoms with Crippen molar-refractivity contribution in [2.45, 2.75) is 56.5 Å². The van der Waals surface area contributed by atoms with Crippen molar-refractivity contribution in [1.82, 2.24) is 0 Å². The van der Waals surface area contributed by atoms with E-state index in [0.29, 0.717) is 12.8 Å². The highest BCUT2D eigenvalue weighted by Crippen LogP contribution is 2.61. The van der Waals surface area contributed by atoms with Crippen molar-refractivity contribution in [3.63, 3.8) is 0 Å². The van der Waals surface area contributed by atoms with Crippen LogP contribution in [-0.4, -0.2) is 39.9 Å². The Morgan fingerprint density at radius 1 is 1.04 bits per heavy atom. The van der Waals surface area contributed by atoms with Crippen molar-refractivity contribution >= 4 is 13.6 Å². The van der Waals surface area contributed by atoms with Crippen LogP contribution in [0.15, 0.2) is 0 Å². The van der Waals surface area contributed by atoms with Crippen molar-refractivity contribution < 1.29 is 50.2 Å². The Morgan fingerprint density at radius 3 is 1.78 bits per heavy atom. The van der Waals surface area contributed by atoms with Crippen LogP contribution in [0.3, 0.4) is 0 Å². The molecule has 23 heavy (non-hydrogen) atoms. The second-order valence-corrected chi connectivity index (χ2v) is 7.14. The number of hydrogen-bond donors (Lipinski definition) is 2. The number of ether oxygens (including phenoxy) is 1. The SMILES string of the molecule is CCCCOC(=O)CC(CC(F)(F)F)(CC(F)(F)F)P(=O)(O)O. The Balaban J connectivity index is 5.55. The van der Waals surface area contributed by atoms with Crippen LogP contribution in [0.2, 0.25) is 0 Å². The quantitative estimate of drug-likeness (QED) is 0.294. The first-order chi connectivity index (χ1) is 10.1. The van der Waals surface area contributed by atoms with Crippen molar-refractivity contribution in [3.05, 3.63) is 0 Å². The van der Waals surface area contributed by atoms with E-state index in [9.17, 15) is 35.7 Å². The molecule has 0 atom stereocenters. The van der Waals surface area contributed by atoms with E-state index in [-0.39, 0.29) is 6.61 Å². The maximum Gasteiger partial charge on any atom is 0.390 e. The first-order valence-electron chi connectivity index (χ1n) is 6.47. The summed E-state index contributed by atoms with van der Waals surface area (Å²) in [5.74, 6) is -1.52. The third-order valence-electron chi connectivity index (χ3n) is 2.91. The molecule has 0 aromatic carbocycles. The minimum Gasteiger partial charge on any atom is -0.466 e. The van der Waals surface area contributed by atoms with Crippen LogP contribution in [0.1, 0.15) is 39.0 Å². The third kappa shape index (κ3) is 8.57. The topological polar surface area (TPSA) is 83.8 Å². The molecular weight excluding hydrogens is 357 g/mol. The molecule has 0 saturated carbocycles. The maximum atomic E-state index is 12.6.